The molecule has 6 rings (SSSR count). The number of aryl methyl sites for hydroxylation is 1. The molecule has 0 radical (unpaired) electrons. The van der Waals surface area contributed by atoms with Crippen LogP contribution >= 0.6 is 11.6 Å². The molecule has 2 aliphatic rings. The van der Waals surface area contributed by atoms with E-state index in [-0.39, 0.29) is 28.6 Å². The Kier molecular flexibility index (Phi) is 5.87. The van der Waals surface area contributed by atoms with Crippen molar-refractivity contribution in [2.24, 2.45) is 7.05 Å². The van der Waals surface area contributed by atoms with E-state index in [0.29, 0.717) is 31.6 Å². The van der Waals surface area contributed by atoms with Gasteiger partial charge in [-0.15, -0.1) is 10.2 Å². The zero-order chi connectivity index (χ0) is 26.4. The molecule has 0 bridgehead atoms. The van der Waals surface area contributed by atoms with E-state index < -0.39 is 23.4 Å². The lowest BCUT2D eigenvalue weighted by atomic mass is 9.83. The third-order valence-corrected chi connectivity index (χ3v) is 7.21. The van der Waals surface area contributed by atoms with Crippen LogP contribution in [0.5, 0.6) is 0 Å². The minimum Gasteiger partial charge on any atom is -0.436 e. The van der Waals surface area contributed by atoms with Crippen molar-refractivity contribution in [1.82, 2.24) is 29.9 Å². The molecule has 4 aromatic rings. The highest BCUT2D eigenvalue weighted by atomic mass is 35.5. The van der Waals surface area contributed by atoms with Crippen LogP contribution in [0.3, 0.4) is 0 Å². The number of benzene rings is 2. The lowest BCUT2D eigenvalue weighted by molar-refractivity contribution is -0.0420. The fraction of sp³-hybridized carbons (Fsp3) is 0.269. The lowest BCUT2D eigenvalue weighted by Crippen LogP contribution is -2.53. The molecule has 1 saturated heterocycles. The summed E-state index contributed by atoms with van der Waals surface area (Å²) in [6, 6.07) is 10.9. The van der Waals surface area contributed by atoms with Crippen molar-refractivity contribution < 1.29 is 18.7 Å². The van der Waals surface area contributed by atoms with Gasteiger partial charge >= 0.3 is 6.09 Å². The third kappa shape index (κ3) is 4.28. The van der Waals surface area contributed by atoms with Crippen LogP contribution in [0.2, 0.25) is 5.02 Å². The standard InChI is InChI=1S/C26H23ClFN7O3/c1-34-13-17(12-29-34)16-5-3-15(4-6-16)11-20-31-23(33-32-20)24(36)35-10-2-9-26(14-35)21-19(30-25(37)38-26)8-7-18(27)22(21)28/h3-8,12-13H,2,9-11,14H2,1H3,(H,30,37)(H,31,32,33)/t26-/m0/s1. The Morgan fingerprint density at radius 3 is 2.76 bits per heavy atom. The predicted octanol–water partition coefficient (Wildman–Crippen LogP) is 4.28. The van der Waals surface area contributed by atoms with E-state index in [1.165, 1.54) is 17.0 Å². The fourth-order valence-electron chi connectivity index (χ4n) is 5.15. The molecule has 1 atom stereocenters. The van der Waals surface area contributed by atoms with Crippen LogP contribution in [-0.4, -0.2) is 55.0 Å². The van der Waals surface area contributed by atoms with Gasteiger partial charge in [0.25, 0.3) is 5.91 Å². The SMILES string of the molecule is Cn1cc(-c2ccc(Cc3nnc(C(=O)N4CCC[C@@]5(C4)OC(=O)Nc4ccc(Cl)c(F)c45)[nH]3)cc2)cn1. The zero-order valence-corrected chi connectivity index (χ0v) is 21.1. The van der Waals surface area contributed by atoms with Crippen LogP contribution in [0.4, 0.5) is 14.9 Å². The van der Waals surface area contributed by atoms with Gasteiger partial charge in [0.15, 0.2) is 11.4 Å². The molecule has 38 heavy (non-hydrogen) atoms. The van der Waals surface area contributed by atoms with Crippen molar-refractivity contribution in [2.75, 3.05) is 18.4 Å². The van der Waals surface area contributed by atoms with E-state index >= 15 is 4.39 Å². The van der Waals surface area contributed by atoms with Gasteiger partial charge in [-0.2, -0.15) is 5.10 Å². The maximum atomic E-state index is 15.1. The first-order chi connectivity index (χ1) is 18.3. The fourth-order valence-corrected chi connectivity index (χ4v) is 5.31. The molecule has 2 aromatic carbocycles. The Morgan fingerprint density at radius 2 is 2.00 bits per heavy atom. The molecular weight excluding hydrogens is 513 g/mol. The number of hydrogen-bond donors (Lipinski definition) is 2. The van der Waals surface area contributed by atoms with E-state index in [0.717, 1.165) is 16.7 Å². The van der Waals surface area contributed by atoms with Gasteiger partial charge in [0.1, 0.15) is 5.82 Å². The summed E-state index contributed by atoms with van der Waals surface area (Å²) in [5.41, 5.74) is 2.15. The average molecular weight is 536 g/mol. The Morgan fingerprint density at radius 1 is 1.18 bits per heavy atom. The summed E-state index contributed by atoms with van der Waals surface area (Å²) in [5, 5.41) is 14.8. The van der Waals surface area contributed by atoms with Crippen molar-refractivity contribution in [3.63, 3.8) is 0 Å². The van der Waals surface area contributed by atoms with Gasteiger partial charge in [-0.3, -0.25) is 14.8 Å². The number of H-pyrrole nitrogens is 1. The van der Waals surface area contributed by atoms with Gasteiger partial charge in [0.2, 0.25) is 5.82 Å². The van der Waals surface area contributed by atoms with Crippen molar-refractivity contribution in [1.29, 1.82) is 0 Å². The maximum absolute atomic E-state index is 15.1. The number of carbonyl (C=O) groups is 2. The van der Waals surface area contributed by atoms with E-state index in [9.17, 15) is 9.59 Å². The van der Waals surface area contributed by atoms with E-state index in [4.69, 9.17) is 16.3 Å². The van der Waals surface area contributed by atoms with Crippen LogP contribution in [0.15, 0.2) is 48.8 Å². The number of halogens is 2. The highest BCUT2D eigenvalue weighted by molar-refractivity contribution is 6.31. The minimum absolute atomic E-state index is 0.0324. The molecule has 0 aliphatic carbocycles. The molecule has 0 saturated carbocycles. The Labute approximate surface area is 221 Å². The van der Waals surface area contributed by atoms with Gasteiger partial charge in [-0.05, 0) is 36.1 Å². The molecule has 1 spiro atoms. The summed E-state index contributed by atoms with van der Waals surface area (Å²) in [4.78, 5) is 30.2. The van der Waals surface area contributed by atoms with Gasteiger partial charge in [0, 0.05) is 31.8 Å². The van der Waals surface area contributed by atoms with Crippen LogP contribution in [0.25, 0.3) is 11.1 Å². The first-order valence-corrected chi connectivity index (χ1v) is 12.5. The van der Waals surface area contributed by atoms with Crippen molar-refractivity contribution >= 4 is 29.3 Å². The first-order valence-electron chi connectivity index (χ1n) is 12.1. The lowest BCUT2D eigenvalue weighted by Gasteiger charge is -2.44. The number of anilines is 1. The van der Waals surface area contributed by atoms with Gasteiger partial charge < -0.3 is 14.6 Å². The Balaban J connectivity index is 1.19. The molecule has 12 heteroatoms. The largest absolute Gasteiger partial charge is 0.436 e. The van der Waals surface area contributed by atoms with E-state index in [2.05, 4.69) is 25.6 Å². The minimum atomic E-state index is -1.35. The second-order valence-electron chi connectivity index (χ2n) is 9.52. The van der Waals surface area contributed by atoms with Crippen molar-refractivity contribution in [3.05, 3.63) is 82.4 Å². The predicted molar refractivity (Wildman–Crippen MR) is 136 cm³/mol. The van der Waals surface area contributed by atoms with Crippen molar-refractivity contribution in [3.8, 4) is 11.1 Å². The molecule has 1 fully saturated rings. The number of rotatable bonds is 4. The summed E-state index contributed by atoms with van der Waals surface area (Å²) < 4.78 is 22.5. The quantitative estimate of drug-likeness (QED) is 0.403. The molecule has 2 aliphatic heterocycles. The van der Waals surface area contributed by atoms with Crippen LogP contribution in [-0.2, 0) is 23.8 Å². The molecule has 2 amide bonds. The summed E-state index contributed by atoms with van der Waals surface area (Å²) in [7, 11) is 1.87. The highest BCUT2D eigenvalue weighted by Crippen LogP contribution is 2.45. The molecule has 0 unspecified atom stereocenters. The second kappa shape index (κ2) is 9.25. The third-order valence-electron chi connectivity index (χ3n) is 6.92. The summed E-state index contributed by atoms with van der Waals surface area (Å²) in [6.07, 6.45) is 4.35. The van der Waals surface area contributed by atoms with Crippen molar-refractivity contribution in [2.45, 2.75) is 24.9 Å². The topological polar surface area (TPSA) is 118 Å². The van der Waals surface area contributed by atoms with Gasteiger partial charge in [-0.1, -0.05) is 35.9 Å². The van der Waals surface area contributed by atoms with Crippen LogP contribution in [0.1, 0.15) is 40.4 Å². The molecule has 4 heterocycles. The average Bonchev–Trinajstić information content (AvgIpc) is 3.55. The number of aromatic amines is 1. The molecule has 10 nitrogen and oxygen atoms in total. The van der Waals surface area contributed by atoms with Crippen LogP contribution in [0, 0.1) is 5.82 Å². The number of nitrogens with zero attached hydrogens (tertiary/aromatic N) is 5. The molecule has 194 valence electrons. The number of likely N-dealkylation sites (tertiary alicyclic amines) is 1. The Hall–Kier alpha value is -4.25. The highest BCUT2D eigenvalue weighted by Gasteiger charge is 2.48. The number of carbonyl (C=O) groups excluding carboxylic acids is 2. The summed E-state index contributed by atoms with van der Waals surface area (Å²) >= 11 is 6.04. The second-order valence-corrected chi connectivity index (χ2v) is 9.93. The smallest absolute Gasteiger partial charge is 0.412 e. The number of ether oxygens (including phenoxy) is 1. The maximum Gasteiger partial charge on any atom is 0.412 e. The monoisotopic (exact) mass is 535 g/mol. The van der Waals surface area contributed by atoms with E-state index in [1.54, 1.807) is 10.9 Å². The molecule has 2 N–H and O–H groups in total. The summed E-state index contributed by atoms with van der Waals surface area (Å²) in [6.45, 7) is 0.365. The summed E-state index contributed by atoms with van der Waals surface area (Å²) in [5.74, 6) is -0.481. The van der Waals surface area contributed by atoms with Gasteiger partial charge in [-0.25, -0.2) is 9.18 Å². The number of nitrogens with one attached hydrogen (secondary N) is 2. The number of fused-ring (bicyclic) bond motifs is 2. The normalized spacial score (nSPS) is 18.7. The number of piperidine rings is 1. The zero-order valence-electron chi connectivity index (χ0n) is 20.4. The van der Waals surface area contributed by atoms with E-state index in [1.807, 2.05) is 37.5 Å². The number of aromatic nitrogens is 5. The molecular formula is C26H23ClFN7O3. The first kappa shape index (κ1) is 24.1. The molecule has 2 aromatic heterocycles. The number of amides is 2. The van der Waals surface area contributed by atoms with Gasteiger partial charge in [0.05, 0.1) is 29.0 Å². The number of hydrogen-bond acceptors (Lipinski definition) is 6. The Bertz CT molecular complexity index is 1550. The van der Waals surface area contributed by atoms with Crippen LogP contribution < -0.4 is 5.32 Å².